The lowest BCUT2D eigenvalue weighted by molar-refractivity contribution is -0.686. The zero-order chi connectivity index (χ0) is 14.3. The van der Waals surface area contributed by atoms with Gasteiger partial charge in [-0.2, -0.15) is 0 Å². The summed E-state index contributed by atoms with van der Waals surface area (Å²) in [6.45, 7) is 2.29. The second-order valence-corrected chi connectivity index (χ2v) is 5.05. The molecule has 0 heterocycles. The van der Waals surface area contributed by atoms with Crippen LogP contribution in [-0.4, -0.2) is 25.5 Å². The molecule has 0 spiro atoms. The molecule has 104 valence electrons. The summed E-state index contributed by atoms with van der Waals surface area (Å²) < 4.78 is 1.03. The average molecular weight is 329 g/mol. The van der Waals surface area contributed by atoms with Crippen LogP contribution in [0, 0.1) is 0 Å². The van der Waals surface area contributed by atoms with E-state index in [1.54, 1.807) is 0 Å². The molecular weight excluding hydrogens is 310 g/mol. The summed E-state index contributed by atoms with van der Waals surface area (Å²) in [4.78, 5) is 22.5. The molecule has 1 atom stereocenters. The van der Waals surface area contributed by atoms with E-state index in [9.17, 15) is 9.59 Å². The molecule has 0 bridgehead atoms. The number of imide groups is 1. The van der Waals surface area contributed by atoms with Crippen molar-refractivity contribution in [1.29, 1.82) is 0 Å². The van der Waals surface area contributed by atoms with Crippen LogP contribution in [0.5, 0.6) is 0 Å². The van der Waals surface area contributed by atoms with Gasteiger partial charge in [0.25, 0.3) is 5.91 Å². The van der Waals surface area contributed by atoms with Gasteiger partial charge in [-0.05, 0) is 12.1 Å². The lowest BCUT2D eigenvalue weighted by atomic mass is 10.0. The van der Waals surface area contributed by atoms with Gasteiger partial charge in [0.2, 0.25) is 0 Å². The number of nitrogens with one attached hydrogen (secondary N) is 2. The Morgan fingerprint density at radius 2 is 1.95 bits per heavy atom. The highest BCUT2D eigenvalue weighted by Crippen LogP contribution is 2.16. The summed E-state index contributed by atoms with van der Waals surface area (Å²) in [7, 11) is 1.48. The van der Waals surface area contributed by atoms with E-state index in [4.69, 9.17) is 0 Å². The molecule has 1 aromatic rings. The van der Waals surface area contributed by atoms with Crippen molar-refractivity contribution in [2.24, 2.45) is 0 Å². The van der Waals surface area contributed by atoms with E-state index in [0.717, 1.165) is 10.9 Å². The third-order valence-corrected chi connectivity index (χ3v) is 3.33. The van der Waals surface area contributed by atoms with Crippen LogP contribution >= 0.6 is 15.9 Å². The molecule has 1 rings (SSSR count). The first-order valence-corrected chi connectivity index (χ1v) is 6.96. The van der Waals surface area contributed by atoms with Gasteiger partial charge in [-0.3, -0.25) is 10.1 Å². The fourth-order valence-electron chi connectivity index (χ4n) is 1.74. The van der Waals surface area contributed by atoms with Crippen molar-refractivity contribution in [2.75, 3.05) is 13.6 Å². The first-order valence-electron chi connectivity index (χ1n) is 6.17. The Balaban J connectivity index is 2.51. The monoisotopic (exact) mass is 328 g/mol. The number of nitrogens with two attached hydrogens (primary N) is 1. The summed E-state index contributed by atoms with van der Waals surface area (Å²) in [6.07, 6.45) is 0.912. The second-order valence-electron chi connectivity index (χ2n) is 4.13. The summed E-state index contributed by atoms with van der Waals surface area (Å²) in [5, 5.41) is 6.52. The van der Waals surface area contributed by atoms with Crippen molar-refractivity contribution < 1.29 is 14.9 Å². The van der Waals surface area contributed by atoms with E-state index in [2.05, 4.69) is 33.5 Å². The number of quaternary nitrogens is 1. The minimum Gasteiger partial charge on any atom is -0.341 e. The zero-order valence-corrected chi connectivity index (χ0v) is 12.7. The maximum atomic E-state index is 11.5. The summed E-state index contributed by atoms with van der Waals surface area (Å²) in [6, 6.07) is 7.77. The quantitative estimate of drug-likeness (QED) is 0.751. The van der Waals surface area contributed by atoms with Crippen LogP contribution in [0.2, 0.25) is 0 Å². The number of carbonyl (C=O) groups excluding carboxylic acids is 2. The Labute approximate surface area is 121 Å². The highest BCUT2D eigenvalue weighted by molar-refractivity contribution is 9.10. The Morgan fingerprint density at radius 1 is 1.32 bits per heavy atom. The van der Waals surface area contributed by atoms with Crippen molar-refractivity contribution in [3.05, 3.63) is 34.3 Å². The summed E-state index contributed by atoms with van der Waals surface area (Å²) >= 11 is 3.39. The fourth-order valence-corrected chi connectivity index (χ4v) is 2.00. The highest BCUT2D eigenvalue weighted by atomic mass is 79.9. The van der Waals surface area contributed by atoms with E-state index in [0.29, 0.717) is 0 Å². The Bertz CT molecular complexity index is 434. The predicted molar refractivity (Wildman–Crippen MR) is 76.6 cm³/mol. The largest absolute Gasteiger partial charge is 0.341 e. The number of urea groups is 1. The van der Waals surface area contributed by atoms with E-state index in [1.807, 2.05) is 29.6 Å². The number of amides is 3. The van der Waals surface area contributed by atoms with Gasteiger partial charge >= 0.3 is 6.03 Å². The standard InChI is InChI=1S/C13H18BrN3O2/c1-3-11(9-4-6-10(14)7-5-9)16-8-12(18)17-13(19)15-2/h4-7,11,16H,3,8H2,1-2H3,(H2,15,17,18,19)/p+1/t11-/m1/s1. The van der Waals surface area contributed by atoms with Gasteiger partial charge in [-0.25, -0.2) is 4.79 Å². The molecule has 5 nitrogen and oxygen atoms in total. The highest BCUT2D eigenvalue weighted by Gasteiger charge is 2.15. The van der Waals surface area contributed by atoms with Crippen molar-refractivity contribution >= 4 is 27.9 Å². The second kappa shape index (κ2) is 7.91. The minimum atomic E-state index is -0.477. The Morgan fingerprint density at radius 3 is 2.47 bits per heavy atom. The molecule has 6 heteroatoms. The smallest absolute Gasteiger partial charge is 0.321 e. The predicted octanol–water partition coefficient (Wildman–Crippen LogP) is 0.919. The third kappa shape index (κ3) is 5.40. The Kier molecular flexibility index (Phi) is 6.52. The molecule has 0 aliphatic rings. The van der Waals surface area contributed by atoms with Gasteiger partial charge < -0.3 is 10.6 Å². The van der Waals surface area contributed by atoms with Gasteiger partial charge in [0.15, 0.2) is 6.54 Å². The van der Waals surface area contributed by atoms with Crippen LogP contribution in [0.15, 0.2) is 28.7 Å². The average Bonchev–Trinajstić information content (AvgIpc) is 2.41. The summed E-state index contributed by atoms with van der Waals surface area (Å²) in [5.74, 6) is -0.296. The molecule has 0 aliphatic carbocycles. The maximum Gasteiger partial charge on any atom is 0.321 e. The van der Waals surface area contributed by atoms with Crippen LogP contribution in [0.4, 0.5) is 4.79 Å². The molecular formula is C13H19BrN3O2+. The fraction of sp³-hybridized carbons (Fsp3) is 0.385. The topological polar surface area (TPSA) is 74.8 Å². The lowest BCUT2D eigenvalue weighted by Gasteiger charge is -2.14. The van der Waals surface area contributed by atoms with Crippen LogP contribution in [0.1, 0.15) is 24.9 Å². The molecule has 0 aromatic heterocycles. The number of halogens is 1. The zero-order valence-electron chi connectivity index (χ0n) is 11.1. The lowest BCUT2D eigenvalue weighted by Crippen LogP contribution is -2.87. The molecule has 0 saturated carbocycles. The van der Waals surface area contributed by atoms with Gasteiger partial charge in [0.05, 0.1) is 0 Å². The molecule has 0 unspecified atom stereocenters. The van der Waals surface area contributed by atoms with E-state index in [1.165, 1.54) is 12.6 Å². The molecule has 0 aliphatic heterocycles. The molecule has 0 fully saturated rings. The molecule has 19 heavy (non-hydrogen) atoms. The first-order chi connectivity index (χ1) is 9.06. The first kappa shape index (κ1) is 15.7. The molecule has 3 amide bonds. The van der Waals surface area contributed by atoms with Gasteiger partial charge in [-0.15, -0.1) is 0 Å². The maximum absolute atomic E-state index is 11.5. The molecule has 1 aromatic carbocycles. The van der Waals surface area contributed by atoms with Crippen molar-refractivity contribution in [3.8, 4) is 0 Å². The number of carbonyl (C=O) groups is 2. The van der Waals surface area contributed by atoms with Crippen molar-refractivity contribution in [1.82, 2.24) is 10.6 Å². The van der Waals surface area contributed by atoms with Crippen LogP contribution in [0.25, 0.3) is 0 Å². The van der Waals surface area contributed by atoms with E-state index in [-0.39, 0.29) is 18.5 Å². The van der Waals surface area contributed by atoms with E-state index < -0.39 is 6.03 Å². The van der Waals surface area contributed by atoms with Gasteiger partial charge in [0.1, 0.15) is 6.04 Å². The SMILES string of the molecule is CC[C@@H]([NH2+]CC(=O)NC(=O)NC)c1ccc(Br)cc1. The molecule has 0 radical (unpaired) electrons. The van der Waals surface area contributed by atoms with Crippen molar-refractivity contribution in [3.63, 3.8) is 0 Å². The number of benzene rings is 1. The number of rotatable bonds is 5. The van der Waals surface area contributed by atoms with Gasteiger partial charge in [0, 0.05) is 23.5 Å². The minimum absolute atomic E-state index is 0.212. The van der Waals surface area contributed by atoms with Crippen LogP contribution in [0.3, 0.4) is 0 Å². The van der Waals surface area contributed by atoms with Crippen LogP contribution < -0.4 is 16.0 Å². The number of hydrogen-bond donors (Lipinski definition) is 3. The molecule has 0 saturated heterocycles. The van der Waals surface area contributed by atoms with Crippen LogP contribution in [-0.2, 0) is 4.79 Å². The normalized spacial score (nSPS) is 11.7. The number of hydrogen-bond acceptors (Lipinski definition) is 2. The van der Waals surface area contributed by atoms with Crippen molar-refractivity contribution in [2.45, 2.75) is 19.4 Å². The van der Waals surface area contributed by atoms with Gasteiger partial charge in [-0.1, -0.05) is 35.0 Å². The molecule has 4 N–H and O–H groups in total. The van der Waals surface area contributed by atoms with E-state index >= 15 is 0 Å². The Hall–Kier alpha value is -1.40. The third-order valence-electron chi connectivity index (χ3n) is 2.81. The summed E-state index contributed by atoms with van der Waals surface area (Å²) in [5.41, 5.74) is 1.17.